The number of piperidine rings is 1. The third-order valence-electron chi connectivity index (χ3n) is 8.08. The molecule has 1 fully saturated rings. The number of nitrogens with zero attached hydrogens (tertiary/aromatic N) is 1. The molecule has 196 valence electrons. The summed E-state index contributed by atoms with van der Waals surface area (Å²) >= 11 is 0. The maximum absolute atomic E-state index is 13.8. The first-order valence-corrected chi connectivity index (χ1v) is 13.1. The van der Waals surface area contributed by atoms with Crippen molar-refractivity contribution in [2.75, 3.05) is 20.2 Å². The van der Waals surface area contributed by atoms with Gasteiger partial charge in [-0.05, 0) is 54.5 Å². The zero-order valence-electron chi connectivity index (χ0n) is 21.6. The Balaban J connectivity index is 1.30. The fourth-order valence-corrected chi connectivity index (χ4v) is 6.08. The molecule has 7 nitrogen and oxygen atoms in total. The minimum Gasteiger partial charge on any atom is -0.496 e. The Bertz CT molecular complexity index is 1330. The number of ether oxygens (including phenoxy) is 1. The lowest BCUT2D eigenvalue weighted by Crippen LogP contribution is -2.50. The van der Waals surface area contributed by atoms with Gasteiger partial charge in [0.15, 0.2) is 0 Å². The molecular formula is C31H33N3O4. The molecule has 3 aromatic rings. The standard InChI is InChI=1S/C31H33N3O4/c1-38-27-14-8-6-12-25(27)28(35)33-22-16-19-34(20-17-22)29(36)24-15-18-31(30(32)37,21-9-3-2-4-10-21)26-13-7-5-11-23(24)26/h2-14,22,24H,15-20H2,1H3,(H2,32,37)(H,33,35)/t24-,31+/m0/s1. The van der Waals surface area contributed by atoms with Crippen LogP contribution in [0.15, 0.2) is 78.9 Å². The van der Waals surface area contributed by atoms with E-state index in [1.807, 2.05) is 71.6 Å². The summed E-state index contributed by atoms with van der Waals surface area (Å²) in [5, 5.41) is 3.10. The van der Waals surface area contributed by atoms with Crippen LogP contribution in [0.3, 0.4) is 0 Å². The van der Waals surface area contributed by atoms with Crippen LogP contribution in [0.25, 0.3) is 0 Å². The molecule has 7 heteroatoms. The van der Waals surface area contributed by atoms with Crippen LogP contribution < -0.4 is 15.8 Å². The number of carbonyl (C=O) groups excluding carboxylic acids is 3. The van der Waals surface area contributed by atoms with E-state index < -0.39 is 11.3 Å². The molecule has 0 aromatic heterocycles. The van der Waals surface area contributed by atoms with Crippen molar-refractivity contribution in [3.8, 4) is 5.75 Å². The average molecular weight is 512 g/mol. The highest BCUT2D eigenvalue weighted by Gasteiger charge is 2.47. The van der Waals surface area contributed by atoms with E-state index in [-0.39, 0.29) is 23.8 Å². The second kappa shape index (κ2) is 10.7. The number of hydrogen-bond donors (Lipinski definition) is 2. The number of hydrogen-bond acceptors (Lipinski definition) is 4. The van der Waals surface area contributed by atoms with Gasteiger partial charge >= 0.3 is 0 Å². The largest absolute Gasteiger partial charge is 0.496 e. The van der Waals surface area contributed by atoms with Gasteiger partial charge in [0.05, 0.1) is 24.0 Å². The molecule has 3 aromatic carbocycles. The van der Waals surface area contributed by atoms with E-state index in [1.165, 1.54) is 0 Å². The summed E-state index contributed by atoms with van der Waals surface area (Å²) in [4.78, 5) is 41.5. The van der Waals surface area contributed by atoms with Crippen molar-refractivity contribution in [1.82, 2.24) is 10.2 Å². The molecule has 1 heterocycles. The van der Waals surface area contributed by atoms with Gasteiger partial charge in [-0.15, -0.1) is 0 Å². The Labute approximate surface area is 223 Å². The van der Waals surface area contributed by atoms with Crippen LogP contribution in [0.5, 0.6) is 5.75 Å². The Morgan fingerprint density at radius 3 is 2.26 bits per heavy atom. The summed E-state index contributed by atoms with van der Waals surface area (Å²) in [6.45, 7) is 1.13. The average Bonchev–Trinajstić information content (AvgIpc) is 2.97. The van der Waals surface area contributed by atoms with Crippen LogP contribution in [0.1, 0.15) is 58.6 Å². The van der Waals surface area contributed by atoms with Crippen LogP contribution in [0.4, 0.5) is 0 Å². The Hall–Kier alpha value is -4.13. The van der Waals surface area contributed by atoms with Crippen LogP contribution in [0.2, 0.25) is 0 Å². The molecule has 1 aliphatic heterocycles. The zero-order chi connectivity index (χ0) is 26.7. The molecule has 2 atom stereocenters. The van der Waals surface area contributed by atoms with Crippen molar-refractivity contribution in [3.63, 3.8) is 0 Å². The molecule has 0 unspecified atom stereocenters. The molecule has 0 spiro atoms. The highest BCUT2D eigenvalue weighted by Crippen LogP contribution is 2.47. The van der Waals surface area contributed by atoms with Crippen molar-refractivity contribution in [3.05, 3.63) is 101 Å². The van der Waals surface area contributed by atoms with Crippen LogP contribution in [-0.4, -0.2) is 48.9 Å². The number of nitrogens with two attached hydrogens (primary N) is 1. The lowest BCUT2D eigenvalue weighted by atomic mass is 9.62. The third-order valence-corrected chi connectivity index (χ3v) is 8.08. The first kappa shape index (κ1) is 25.5. The Kier molecular flexibility index (Phi) is 7.18. The molecule has 2 aliphatic rings. The highest BCUT2D eigenvalue weighted by molar-refractivity contribution is 5.97. The molecular weight excluding hydrogens is 478 g/mol. The zero-order valence-corrected chi connectivity index (χ0v) is 21.6. The quantitative estimate of drug-likeness (QED) is 0.526. The highest BCUT2D eigenvalue weighted by atomic mass is 16.5. The normalized spacial score (nSPS) is 21.3. The molecule has 3 amide bonds. The minimum atomic E-state index is -0.954. The van der Waals surface area contributed by atoms with Crippen molar-refractivity contribution in [1.29, 1.82) is 0 Å². The van der Waals surface area contributed by atoms with Crippen molar-refractivity contribution in [2.45, 2.75) is 43.1 Å². The van der Waals surface area contributed by atoms with Gasteiger partial charge in [0.25, 0.3) is 5.91 Å². The number of para-hydroxylation sites is 1. The third kappa shape index (κ3) is 4.53. The van der Waals surface area contributed by atoms with Crippen LogP contribution in [0, 0.1) is 0 Å². The maximum Gasteiger partial charge on any atom is 0.255 e. The van der Waals surface area contributed by atoms with Crippen LogP contribution in [-0.2, 0) is 15.0 Å². The summed E-state index contributed by atoms with van der Waals surface area (Å²) in [6.07, 6.45) is 2.37. The summed E-state index contributed by atoms with van der Waals surface area (Å²) in [5.41, 5.74) is 8.15. The number of nitrogens with one attached hydrogen (secondary N) is 1. The molecule has 3 N–H and O–H groups in total. The second-order valence-electron chi connectivity index (χ2n) is 10.1. The van der Waals surface area contributed by atoms with Gasteiger partial charge in [-0.25, -0.2) is 0 Å². The number of methoxy groups -OCH3 is 1. The summed E-state index contributed by atoms with van der Waals surface area (Å²) in [5.74, 6) is -0.290. The topological polar surface area (TPSA) is 102 Å². The molecule has 0 bridgehead atoms. The van der Waals surface area contributed by atoms with E-state index in [9.17, 15) is 14.4 Å². The van der Waals surface area contributed by atoms with E-state index in [4.69, 9.17) is 10.5 Å². The van der Waals surface area contributed by atoms with Crippen molar-refractivity contribution in [2.24, 2.45) is 5.73 Å². The minimum absolute atomic E-state index is 0.0179. The van der Waals surface area contributed by atoms with E-state index in [1.54, 1.807) is 19.2 Å². The fourth-order valence-electron chi connectivity index (χ4n) is 6.08. The number of fused-ring (bicyclic) bond motifs is 1. The predicted molar refractivity (Wildman–Crippen MR) is 145 cm³/mol. The smallest absolute Gasteiger partial charge is 0.255 e. The van der Waals surface area contributed by atoms with E-state index >= 15 is 0 Å². The number of primary amides is 1. The number of carbonyl (C=O) groups is 3. The van der Waals surface area contributed by atoms with Crippen molar-refractivity contribution >= 4 is 17.7 Å². The van der Waals surface area contributed by atoms with Gasteiger partial charge in [-0.3, -0.25) is 14.4 Å². The van der Waals surface area contributed by atoms with Gasteiger partial charge in [0, 0.05) is 19.1 Å². The lowest BCUT2D eigenvalue weighted by Gasteiger charge is -2.42. The molecule has 0 saturated carbocycles. The maximum atomic E-state index is 13.8. The Morgan fingerprint density at radius 1 is 0.895 bits per heavy atom. The fraction of sp³-hybridized carbons (Fsp3) is 0.323. The first-order valence-electron chi connectivity index (χ1n) is 13.1. The Morgan fingerprint density at radius 2 is 1.55 bits per heavy atom. The molecule has 1 saturated heterocycles. The van der Waals surface area contributed by atoms with Gasteiger partial charge in [-0.1, -0.05) is 66.7 Å². The van der Waals surface area contributed by atoms with E-state index in [0.29, 0.717) is 50.1 Å². The second-order valence-corrected chi connectivity index (χ2v) is 10.1. The van der Waals surface area contributed by atoms with Crippen molar-refractivity contribution < 1.29 is 19.1 Å². The first-order chi connectivity index (χ1) is 18.5. The number of benzene rings is 3. The molecule has 0 radical (unpaired) electrons. The number of likely N-dealkylation sites (tertiary alicyclic amines) is 1. The molecule has 38 heavy (non-hydrogen) atoms. The molecule has 1 aliphatic carbocycles. The number of amides is 3. The SMILES string of the molecule is COc1ccccc1C(=O)NC1CCN(C(=O)[C@H]2CC[C@@](C(N)=O)(c3ccccc3)c3ccccc32)CC1. The molecule has 5 rings (SSSR count). The van der Waals surface area contributed by atoms with Gasteiger partial charge in [0.1, 0.15) is 5.75 Å². The predicted octanol–water partition coefficient (Wildman–Crippen LogP) is 3.77. The van der Waals surface area contributed by atoms with Crippen LogP contribution >= 0.6 is 0 Å². The summed E-state index contributed by atoms with van der Waals surface area (Å²) in [7, 11) is 1.55. The lowest BCUT2D eigenvalue weighted by molar-refractivity contribution is -0.135. The monoisotopic (exact) mass is 511 g/mol. The number of rotatable bonds is 6. The summed E-state index contributed by atoms with van der Waals surface area (Å²) < 4.78 is 5.31. The van der Waals surface area contributed by atoms with Gasteiger partial charge < -0.3 is 20.7 Å². The van der Waals surface area contributed by atoms with Gasteiger partial charge in [-0.2, -0.15) is 0 Å². The van der Waals surface area contributed by atoms with E-state index in [2.05, 4.69) is 5.32 Å². The van der Waals surface area contributed by atoms with E-state index in [0.717, 1.165) is 16.7 Å². The summed E-state index contributed by atoms with van der Waals surface area (Å²) in [6, 6.07) is 24.5. The van der Waals surface area contributed by atoms with Gasteiger partial charge in [0.2, 0.25) is 11.8 Å².